The Bertz CT molecular complexity index is 357. The maximum atomic E-state index is 11.5. The SMILES string of the molecule is COC1CC(=O)CCCc2ccccc21. The van der Waals surface area contributed by atoms with Crippen molar-refractivity contribution >= 4 is 5.78 Å². The molecule has 0 heterocycles. The predicted octanol–water partition coefficient (Wildman–Crippen LogP) is 2.67. The van der Waals surface area contributed by atoms with E-state index in [1.54, 1.807) is 7.11 Å². The van der Waals surface area contributed by atoms with Crippen LogP contribution in [0.4, 0.5) is 0 Å². The zero-order valence-electron chi connectivity index (χ0n) is 9.03. The third-order valence-electron chi connectivity index (χ3n) is 3.00. The first-order valence-corrected chi connectivity index (χ1v) is 5.43. The highest BCUT2D eigenvalue weighted by molar-refractivity contribution is 5.79. The molecule has 1 aliphatic rings. The Labute approximate surface area is 90.3 Å². The lowest BCUT2D eigenvalue weighted by atomic mass is 9.91. The lowest BCUT2D eigenvalue weighted by Gasteiger charge is -2.21. The second kappa shape index (κ2) is 4.58. The molecule has 0 aliphatic heterocycles. The van der Waals surface area contributed by atoms with Crippen molar-refractivity contribution in [3.8, 4) is 0 Å². The van der Waals surface area contributed by atoms with Crippen molar-refractivity contribution in [1.29, 1.82) is 0 Å². The van der Waals surface area contributed by atoms with Crippen molar-refractivity contribution in [1.82, 2.24) is 0 Å². The molecule has 0 saturated carbocycles. The highest BCUT2D eigenvalue weighted by Crippen LogP contribution is 2.28. The number of ketones is 1. The summed E-state index contributed by atoms with van der Waals surface area (Å²) in [4.78, 5) is 11.5. The van der Waals surface area contributed by atoms with Gasteiger partial charge in [0.25, 0.3) is 0 Å². The highest BCUT2D eigenvalue weighted by Gasteiger charge is 2.20. The van der Waals surface area contributed by atoms with Crippen LogP contribution in [0.1, 0.15) is 36.5 Å². The molecule has 0 N–H and O–H groups in total. The molecule has 0 fully saturated rings. The normalized spacial score (nSPS) is 21.7. The number of Topliss-reactive ketones (excluding diaryl/α,β-unsaturated/α-hetero) is 1. The molecule has 2 nitrogen and oxygen atoms in total. The van der Waals surface area contributed by atoms with Crippen molar-refractivity contribution in [3.63, 3.8) is 0 Å². The van der Waals surface area contributed by atoms with Gasteiger partial charge in [0.2, 0.25) is 0 Å². The number of fused-ring (bicyclic) bond motifs is 1. The molecule has 1 unspecified atom stereocenters. The van der Waals surface area contributed by atoms with Gasteiger partial charge in [-0.3, -0.25) is 4.79 Å². The molecule has 2 rings (SSSR count). The topological polar surface area (TPSA) is 26.3 Å². The van der Waals surface area contributed by atoms with E-state index < -0.39 is 0 Å². The number of methoxy groups -OCH3 is 1. The fourth-order valence-electron chi connectivity index (χ4n) is 2.18. The Morgan fingerprint density at radius 1 is 1.27 bits per heavy atom. The van der Waals surface area contributed by atoms with E-state index >= 15 is 0 Å². The van der Waals surface area contributed by atoms with E-state index in [1.165, 1.54) is 11.1 Å². The van der Waals surface area contributed by atoms with Crippen LogP contribution in [0.25, 0.3) is 0 Å². The van der Waals surface area contributed by atoms with E-state index in [2.05, 4.69) is 18.2 Å². The van der Waals surface area contributed by atoms with Gasteiger partial charge in [-0.25, -0.2) is 0 Å². The number of hydrogen-bond donors (Lipinski definition) is 0. The van der Waals surface area contributed by atoms with E-state index in [0.717, 1.165) is 12.8 Å². The van der Waals surface area contributed by atoms with Gasteiger partial charge in [0.05, 0.1) is 6.10 Å². The minimum absolute atomic E-state index is 0.0472. The Hall–Kier alpha value is -1.15. The van der Waals surface area contributed by atoms with Gasteiger partial charge in [0.15, 0.2) is 0 Å². The summed E-state index contributed by atoms with van der Waals surface area (Å²) in [6.45, 7) is 0. The Kier molecular flexibility index (Phi) is 3.17. The van der Waals surface area contributed by atoms with Crippen LogP contribution in [-0.4, -0.2) is 12.9 Å². The van der Waals surface area contributed by atoms with Crippen molar-refractivity contribution in [3.05, 3.63) is 35.4 Å². The van der Waals surface area contributed by atoms with Crippen LogP contribution in [-0.2, 0) is 16.0 Å². The molecule has 0 amide bonds. The van der Waals surface area contributed by atoms with Gasteiger partial charge in [-0.1, -0.05) is 24.3 Å². The molecule has 0 aromatic heterocycles. The van der Waals surface area contributed by atoms with E-state index in [-0.39, 0.29) is 6.10 Å². The van der Waals surface area contributed by atoms with Crippen LogP contribution < -0.4 is 0 Å². The van der Waals surface area contributed by atoms with Crippen LogP contribution in [0.2, 0.25) is 0 Å². The maximum Gasteiger partial charge on any atom is 0.135 e. The Balaban J connectivity index is 2.35. The molecular formula is C13H16O2. The quantitative estimate of drug-likeness (QED) is 0.703. The van der Waals surface area contributed by atoms with Crippen LogP contribution in [0.5, 0.6) is 0 Å². The maximum absolute atomic E-state index is 11.5. The molecule has 1 aliphatic carbocycles. The predicted molar refractivity (Wildman–Crippen MR) is 58.8 cm³/mol. The summed E-state index contributed by atoms with van der Waals surface area (Å²) in [6, 6.07) is 8.27. The third-order valence-corrected chi connectivity index (χ3v) is 3.00. The minimum atomic E-state index is -0.0472. The molecular weight excluding hydrogens is 188 g/mol. The molecule has 15 heavy (non-hydrogen) atoms. The highest BCUT2D eigenvalue weighted by atomic mass is 16.5. The van der Waals surface area contributed by atoms with Gasteiger partial charge >= 0.3 is 0 Å². The summed E-state index contributed by atoms with van der Waals surface area (Å²) in [7, 11) is 1.68. The molecule has 1 aromatic rings. The number of ether oxygens (including phenoxy) is 1. The third kappa shape index (κ3) is 2.26. The molecule has 0 radical (unpaired) electrons. The number of hydrogen-bond acceptors (Lipinski definition) is 2. The van der Waals surface area contributed by atoms with Gasteiger partial charge in [-0.05, 0) is 24.0 Å². The number of benzene rings is 1. The first-order chi connectivity index (χ1) is 7.31. The smallest absolute Gasteiger partial charge is 0.135 e. The number of carbonyl (C=O) groups is 1. The van der Waals surface area contributed by atoms with Gasteiger partial charge in [-0.15, -0.1) is 0 Å². The first kappa shape index (κ1) is 10.4. The zero-order chi connectivity index (χ0) is 10.7. The van der Waals surface area contributed by atoms with E-state index in [1.807, 2.05) is 6.07 Å². The van der Waals surface area contributed by atoms with Gasteiger partial charge in [0.1, 0.15) is 5.78 Å². The summed E-state index contributed by atoms with van der Waals surface area (Å²) in [5, 5.41) is 0. The molecule has 1 atom stereocenters. The summed E-state index contributed by atoms with van der Waals surface area (Å²) in [5.74, 6) is 0.316. The lowest BCUT2D eigenvalue weighted by molar-refractivity contribution is -0.121. The van der Waals surface area contributed by atoms with Crippen LogP contribution in [0, 0.1) is 0 Å². The van der Waals surface area contributed by atoms with Crippen LogP contribution in [0.15, 0.2) is 24.3 Å². The molecule has 0 bridgehead atoms. The lowest BCUT2D eigenvalue weighted by Crippen LogP contribution is -2.14. The van der Waals surface area contributed by atoms with Crippen LogP contribution >= 0.6 is 0 Å². The Morgan fingerprint density at radius 3 is 2.87 bits per heavy atom. The van der Waals surface area contributed by atoms with Crippen LogP contribution in [0.3, 0.4) is 0 Å². The van der Waals surface area contributed by atoms with Gasteiger partial charge in [0, 0.05) is 20.0 Å². The Morgan fingerprint density at radius 2 is 2.07 bits per heavy atom. The fourth-order valence-corrected chi connectivity index (χ4v) is 2.18. The monoisotopic (exact) mass is 204 g/mol. The van der Waals surface area contributed by atoms with Gasteiger partial charge in [-0.2, -0.15) is 0 Å². The largest absolute Gasteiger partial charge is 0.376 e. The summed E-state index contributed by atoms with van der Waals surface area (Å²) in [6.07, 6.45) is 3.12. The number of aryl methyl sites for hydroxylation is 1. The summed E-state index contributed by atoms with van der Waals surface area (Å²) < 4.78 is 5.40. The van der Waals surface area contributed by atoms with E-state index in [9.17, 15) is 4.79 Å². The minimum Gasteiger partial charge on any atom is -0.376 e. The molecule has 2 heteroatoms. The molecule has 0 spiro atoms. The number of rotatable bonds is 1. The molecule has 80 valence electrons. The van der Waals surface area contributed by atoms with E-state index in [4.69, 9.17) is 4.74 Å². The average Bonchev–Trinajstić information content (AvgIpc) is 2.24. The first-order valence-electron chi connectivity index (χ1n) is 5.43. The zero-order valence-corrected chi connectivity index (χ0v) is 9.03. The van der Waals surface area contributed by atoms with Gasteiger partial charge < -0.3 is 4.74 Å². The summed E-state index contributed by atoms with van der Waals surface area (Å²) >= 11 is 0. The fraction of sp³-hybridized carbons (Fsp3) is 0.462. The molecule has 0 saturated heterocycles. The van der Waals surface area contributed by atoms with Crippen molar-refractivity contribution in [2.24, 2.45) is 0 Å². The average molecular weight is 204 g/mol. The summed E-state index contributed by atoms with van der Waals surface area (Å²) in [5.41, 5.74) is 2.52. The van der Waals surface area contributed by atoms with E-state index in [0.29, 0.717) is 18.6 Å². The van der Waals surface area contributed by atoms with Crippen molar-refractivity contribution < 1.29 is 9.53 Å². The second-order valence-electron chi connectivity index (χ2n) is 4.02. The molecule has 1 aromatic carbocycles. The number of carbonyl (C=O) groups excluding carboxylic acids is 1. The van der Waals surface area contributed by atoms with Crippen molar-refractivity contribution in [2.75, 3.05) is 7.11 Å². The van der Waals surface area contributed by atoms with Crippen molar-refractivity contribution in [2.45, 2.75) is 31.8 Å². The second-order valence-corrected chi connectivity index (χ2v) is 4.02. The standard InChI is InChI=1S/C13H16O2/c1-15-13-9-11(14)7-4-6-10-5-2-3-8-12(10)13/h2-3,5,8,13H,4,6-7,9H2,1H3.